The van der Waals surface area contributed by atoms with E-state index < -0.39 is 0 Å². The minimum atomic E-state index is 0.0248. The maximum atomic E-state index is 11.7. The average Bonchev–Trinajstić information content (AvgIpc) is 3.44. The van der Waals surface area contributed by atoms with Gasteiger partial charge >= 0.3 is 6.03 Å². The van der Waals surface area contributed by atoms with E-state index in [2.05, 4.69) is 20.4 Å². The van der Waals surface area contributed by atoms with E-state index in [1.165, 1.54) is 6.42 Å². The number of halogens is 2. The Balaban J connectivity index is 1.12. The number of nitrogens with zero attached hydrogens (tertiary/aromatic N) is 2. The van der Waals surface area contributed by atoms with Crippen molar-refractivity contribution in [3.63, 3.8) is 0 Å². The summed E-state index contributed by atoms with van der Waals surface area (Å²) in [5.41, 5.74) is 1.04. The standard InChI is InChI=1S/C20H28Cl2N4O/c21-17-2-1-3-18(19(17)22)26-10-8-25(9-11-26)7-6-14-12-16(13-14)24-20(27)23-15-4-5-15/h1-3,14-16H,4-13H2,(H2,23,24,27). The highest BCUT2D eigenvalue weighted by Gasteiger charge is 2.32. The fourth-order valence-corrected chi connectivity index (χ4v) is 4.46. The SMILES string of the molecule is O=C(NC1CC1)NC1CC(CCN2CCN(c3cccc(Cl)c3Cl)CC2)C1. The van der Waals surface area contributed by atoms with Crippen molar-refractivity contribution in [2.45, 2.75) is 44.2 Å². The Morgan fingerprint density at radius 3 is 2.44 bits per heavy atom. The van der Waals surface area contributed by atoms with Crippen LogP contribution >= 0.6 is 23.2 Å². The highest BCUT2D eigenvalue weighted by molar-refractivity contribution is 6.43. The molecule has 0 radical (unpaired) electrons. The van der Waals surface area contributed by atoms with Gasteiger partial charge in [0.05, 0.1) is 15.7 Å². The quantitative estimate of drug-likeness (QED) is 0.750. The Morgan fingerprint density at radius 2 is 1.74 bits per heavy atom. The lowest BCUT2D eigenvalue weighted by molar-refractivity contribution is 0.169. The summed E-state index contributed by atoms with van der Waals surface area (Å²) in [6, 6.07) is 6.67. The Labute approximate surface area is 171 Å². The third-order valence-electron chi connectivity index (χ3n) is 5.98. The molecule has 1 aromatic carbocycles. The Kier molecular flexibility index (Phi) is 6.00. The van der Waals surface area contributed by atoms with Crippen LogP contribution in [0.15, 0.2) is 18.2 Å². The van der Waals surface area contributed by atoms with Crippen LogP contribution in [0.4, 0.5) is 10.5 Å². The summed E-state index contributed by atoms with van der Waals surface area (Å²) in [6.07, 6.45) is 5.74. The van der Waals surface area contributed by atoms with E-state index in [1.54, 1.807) is 0 Å². The summed E-state index contributed by atoms with van der Waals surface area (Å²) < 4.78 is 0. The minimum absolute atomic E-state index is 0.0248. The Morgan fingerprint density at radius 1 is 1.04 bits per heavy atom. The van der Waals surface area contributed by atoms with Crippen molar-refractivity contribution in [1.29, 1.82) is 0 Å². The van der Waals surface area contributed by atoms with Crippen LogP contribution in [0.25, 0.3) is 0 Å². The lowest BCUT2D eigenvalue weighted by atomic mass is 9.78. The predicted molar refractivity (Wildman–Crippen MR) is 111 cm³/mol. The number of nitrogens with one attached hydrogen (secondary N) is 2. The maximum absolute atomic E-state index is 11.7. The fourth-order valence-electron chi connectivity index (χ4n) is 4.04. The first-order valence-electron chi connectivity index (χ1n) is 10.1. The molecular formula is C20H28Cl2N4O. The van der Waals surface area contributed by atoms with Gasteiger partial charge < -0.3 is 15.5 Å². The van der Waals surface area contributed by atoms with Crippen molar-refractivity contribution < 1.29 is 4.79 Å². The van der Waals surface area contributed by atoms with Gasteiger partial charge in [-0.2, -0.15) is 0 Å². The monoisotopic (exact) mass is 410 g/mol. The van der Waals surface area contributed by atoms with Crippen LogP contribution in [-0.2, 0) is 0 Å². The second-order valence-electron chi connectivity index (χ2n) is 8.12. The van der Waals surface area contributed by atoms with E-state index in [0.717, 1.165) is 70.0 Å². The molecule has 0 atom stereocenters. The number of hydrogen-bond acceptors (Lipinski definition) is 3. The van der Waals surface area contributed by atoms with E-state index in [-0.39, 0.29) is 6.03 Å². The molecule has 2 N–H and O–H groups in total. The molecule has 2 aliphatic carbocycles. The summed E-state index contributed by atoms with van der Waals surface area (Å²) in [5.74, 6) is 0.747. The second kappa shape index (κ2) is 8.46. The van der Waals surface area contributed by atoms with Crippen molar-refractivity contribution in [2.24, 2.45) is 5.92 Å². The number of piperazine rings is 1. The largest absolute Gasteiger partial charge is 0.368 e. The molecular weight excluding hydrogens is 383 g/mol. The van der Waals surface area contributed by atoms with Gasteiger partial charge in [-0.25, -0.2) is 4.79 Å². The number of carbonyl (C=O) groups is 1. The molecule has 0 spiro atoms. The van der Waals surface area contributed by atoms with E-state index in [0.29, 0.717) is 22.1 Å². The summed E-state index contributed by atoms with van der Waals surface area (Å²) in [4.78, 5) is 16.6. The lowest BCUT2D eigenvalue weighted by Gasteiger charge is -2.39. The summed E-state index contributed by atoms with van der Waals surface area (Å²) in [6.45, 7) is 5.22. The molecule has 1 heterocycles. The Bertz CT molecular complexity index is 668. The highest BCUT2D eigenvalue weighted by atomic mass is 35.5. The van der Waals surface area contributed by atoms with E-state index in [9.17, 15) is 4.79 Å². The molecule has 0 unspecified atom stereocenters. The van der Waals surface area contributed by atoms with Gasteiger partial charge in [-0.15, -0.1) is 0 Å². The molecule has 1 saturated heterocycles. The van der Waals surface area contributed by atoms with Crippen LogP contribution in [0.3, 0.4) is 0 Å². The molecule has 2 saturated carbocycles. The van der Waals surface area contributed by atoms with Crippen LogP contribution in [0.5, 0.6) is 0 Å². The molecule has 3 aliphatic rings. The Hall–Kier alpha value is -1.17. The first kappa shape index (κ1) is 19.2. The van der Waals surface area contributed by atoms with Crippen LogP contribution in [0.1, 0.15) is 32.1 Å². The molecule has 2 amide bonds. The second-order valence-corrected chi connectivity index (χ2v) is 8.90. The number of anilines is 1. The van der Waals surface area contributed by atoms with Gasteiger partial charge in [-0.3, -0.25) is 4.90 Å². The molecule has 5 nitrogen and oxygen atoms in total. The minimum Gasteiger partial charge on any atom is -0.368 e. The lowest BCUT2D eigenvalue weighted by Crippen LogP contribution is -2.50. The molecule has 3 fully saturated rings. The van der Waals surface area contributed by atoms with Crippen LogP contribution < -0.4 is 15.5 Å². The average molecular weight is 411 g/mol. The maximum Gasteiger partial charge on any atom is 0.315 e. The van der Waals surface area contributed by atoms with E-state index in [4.69, 9.17) is 23.2 Å². The molecule has 7 heteroatoms. The molecule has 4 rings (SSSR count). The van der Waals surface area contributed by atoms with Gasteiger partial charge in [0.25, 0.3) is 0 Å². The van der Waals surface area contributed by atoms with Gasteiger partial charge in [-0.05, 0) is 56.7 Å². The molecule has 148 valence electrons. The zero-order chi connectivity index (χ0) is 18.8. The molecule has 1 aromatic rings. The number of carbonyl (C=O) groups excluding carboxylic acids is 1. The van der Waals surface area contributed by atoms with Crippen molar-refractivity contribution >= 4 is 34.9 Å². The normalized spacial score (nSPS) is 25.8. The number of benzene rings is 1. The van der Waals surface area contributed by atoms with Gasteiger partial charge in [0, 0.05) is 38.3 Å². The zero-order valence-electron chi connectivity index (χ0n) is 15.6. The first-order valence-corrected chi connectivity index (χ1v) is 10.8. The van der Waals surface area contributed by atoms with Crippen molar-refractivity contribution in [3.8, 4) is 0 Å². The van der Waals surface area contributed by atoms with Gasteiger partial charge in [0.1, 0.15) is 0 Å². The van der Waals surface area contributed by atoms with Crippen molar-refractivity contribution in [1.82, 2.24) is 15.5 Å². The molecule has 27 heavy (non-hydrogen) atoms. The predicted octanol–water partition coefficient (Wildman–Crippen LogP) is 3.75. The van der Waals surface area contributed by atoms with E-state index in [1.807, 2.05) is 18.2 Å². The van der Waals surface area contributed by atoms with E-state index >= 15 is 0 Å². The number of urea groups is 1. The number of rotatable bonds is 6. The van der Waals surface area contributed by atoms with Crippen LogP contribution in [0, 0.1) is 5.92 Å². The van der Waals surface area contributed by atoms with Gasteiger partial charge in [0.2, 0.25) is 0 Å². The smallest absolute Gasteiger partial charge is 0.315 e. The molecule has 1 aliphatic heterocycles. The number of amides is 2. The summed E-state index contributed by atoms with van der Waals surface area (Å²) >= 11 is 12.5. The molecule has 0 bridgehead atoms. The topological polar surface area (TPSA) is 47.6 Å². The summed E-state index contributed by atoms with van der Waals surface area (Å²) in [7, 11) is 0. The zero-order valence-corrected chi connectivity index (χ0v) is 17.1. The molecule has 0 aromatic heterocycles. The first-order chi connectivity index (χ1) is 13.1. The van der Waals surface area contributed by atoms with Gasteiger partial charge in [0.15, 0.2) is 0 Å². The number of hydrogen-bond donors (Lipinski definition) is 2. The van der Waals surface area contributed by atoms with Crippen LogP contribution in [-0.4, -0.2) is 55.7 Å². The highest BCUT2D eigenvalue weighted by Crippen LogP contribution is 2.33. The fraction of sp³-hybridized carbons (Fsp3) is 0.650. The van der Waals surface area contributed by atoms with Crippen molar-refractivity contribution in [2.75, 3.05) is 37.6 Å². The third kappa shape index (κ3) is 5.01. The summed E-state index contributed by atoms with van der Waals surface area (Å²) in [5, 5.41) is 7.37. The van der Waals surface area contributed by atoms with Crippen molar-refractivity contribution in [3.05, 3.63) is 28.2 Å². The van der Waals surface area contributed by atoms with Crippen LogP contribution in [0.2, 0.25) is 10.0 Å². The third-order valence-corrected chi connectivity index (χ3v) is 6.79. The van der Waals surface area contributed by atoms with Gasteiger partial charge in [-0.1, -0.05) is 29.3 Å².